The summed E-state index contributed by atoms with van der Waals surface area (Å²) in [7, 11) is 0. The molecule has 0 saturated heterocycles. The lowest BCUT2D eigenvalue weighted by molar-refractivity contribution is 1.20. The molecule has 42 heavy (non-hydrogen) atoms. The lowest BCUT2D eigenvalue weighted by Gasteiger charge is -2.15. The molecule has 4 aromatic rings. The van der Waals surface area contributed by atoms with Crippen molar-refractivity contribution >= 4 is 202 Å². The molecule has 0 amide bonds. The second kappa shape index (κ2) is 13.7. The van der Waals surface area contributed by atoms with Gasteiger partial charge in [0.05, 0.1) is 14.9 Å². The number of benzene rings is 4. The smallest absolute Gasteiger partial charge is 0.0876 e. The largest absolute Gasteiger partial charge is 0.0952 e. The van der Waals surface area contributed by atoms with Crippen molar-refractivity contribution in [2.45, 2.75) is 36.3 Å². The van der Waals surface area contributed by atoms with Crippen LogP contribution >= 0.6 is 191 Å². The van der Waals surface area contributed by atoms with Crippen LogP contribution in [-0.2, 0) is 21.3 Å². The Morgan fingerprint density at radius 3 is 0.667 bits per heavy atom. The first kappa shape index (κ1) is 34.8. The van der Waals surface area contributed by atoms with Gasteiger partial charge in [0.15, 0.2) is 0 Å². The van der Waals surface area contributed by atoms with Crippen molar-refractivity contribution in [3.05, 3.63) is 111 Å². The quantitative estimate of drug-likeness (QED) is 0.133. The first-order valence-electron chi connectivity index (χ1n) is 12.5. The van der Waals surface area contributed by atoms with E-state index < -0.39 is 0 Å². The topological polar surface area (TPSA) is 0 Å². The van der Waals surface area contributed by atoms with Crippen molar-refractivity contribution < 1.29 is 0 Å². The van der Waals surface area contributed by atoms with Gasteiger partial charge in [-0.05, 0) is 97.0 Å². The van der Waals surface area contributed by atoms with Crippen LogP contribution in [0.2, 0.25) is 0 Å². The Balaban J connectivity index is 2.24. The Morgan fingerprint density at radius 1 is 0.333 bits per heavy atom. The Hall–Kier alpha value is 2.90. The van der Waals surface area contributed by atoms with Gasteiger partial charge < -0.3 is 0 Å². The Kier molecular flexibility index (Phi) is 11.3. The average molecular weight is 1340 g/mol. The van der Waals surface area contributed by atoms with E-state index in [0.717, 1.165) is 21.3 Å². The minimum absolute atomic E-state index is 0.00436. The summed E-state index contributed by atoms with van der Waals surface area (Å²) in [5.74, 6) is 0. The molecule has 0 fully saturated rings. The molecular weight excluding hydrogens is 1320 g/mol. The zero-order valence-corrected chi connectivity index (χ0v) is 40.0. The van der Waals surface area contributed by atoms with Crippen LogP contribution in [0.25, 0.3) is 10.8 Å². The standard InChI is InChI=1S/C30H16Br12/c31-5-13-14(6-32)23-19-11(29(39)40)3-4-12(30(41)42)20(19)24-16(8-34)15(7-33)22-18-10(28(37)38)2-1-9(27(35)36)17(18)21(13)25(22)26(23)24/h1-4,27-30H,5-8H2. The summed E-state index contributed by atoms with van der Waals surface area (Å²) in [4.78, 5) is 0. The molecule has 0 radical (unpaired) electrons. The number of halogens is 12. The van der Waals surface area contributed by atoms with Crippen molar-refractivity contribution in [1.29, 1.82) is 0 Å². The molecule has 0 aromatic heterocycles. The molecular formula is C30H16Br12. The maximum Gasteiger partial charge on any atom is 0.0952 e. The van der Waals surface area contributed by atoms with E-state index in [2.05, 4.69) is 215 Å². The van der Waals surface area contributed by atoms with Crippen LogP contribution < -0.4 is 0 Å². The fourth-order valence-corrected chi connectivity index (χ4v) is 12.3. The third kappa shape index (κ3) is 5.15. The molecule has 12 heteroatoms. The minimum Gasteiger partial charge on any atom is -0.0876 e. The zero-order chi connectivity index (χ0) is 30.4. The number of fused-ring (bicyclic) bond motifs is 2. The summed E-state index contributed by atoms with van der Waals surface area (Å²) in [6.07, 6.45) is 0. The highest BCUT2D eigenvalue weighted by Crippen LogP contribution is 2.47. The van der Waals surface area contributed by atoms with Gasteiger partial charge in [-0.1, -0.05) is 215 Å². The molecule has 0 heterocycles. The fraction of sp³-hybridized carbons (Fsp3) is 0.267. The summed E-state index contributed by atoms with van der Waals surface area (Å²) < 4.78 is 0.0174. The van der Waals surface area contributed by atoms with Crippen LogP contribution in [0.5, 0.6) is 0 Å². The lowest BCUT2D eigenvalue weighted by atomic mass is 9.92. The highest BCUT2D eigenvalue weighted by atomic mass is 79.9. The second-order valence-electron chi connectivity index (χ2n) is 9.89. The molecule has 0 saturated carbocycles. The molecule has 4 aromatic carbocycles. The van der Waals surface area contributed by atoms with Crippen molar-refractivity contribution in [3.8, 4) is 0 Å². The van der Waals surface area contributed by atoms with Gasteiger partial charge in [-0.15, -0.1) is 0 Å². The van der Waals surface area contributed by atoms with Gasteiger partial charge in [-0.25, -0.2) is 0 Å². The van der Waals surface area contributed by atoms with E-state index in [1.54, 1.807) is 0 Å². The molecule has 0 unspecified atom stereocenters. The average Bonchev–Trinajstić information content (AvgIpc) is 3.48. The molecule has 2 aliphatic carbocycles. The fourth-order valence-electron chi connectivity index (χ4n) is 6.73. The summed E-state index contributed by atoms with van der Waals surface area (Å²) in [5, 5.41) is 16.1. The van der Waals surface area contributed by atoms with Crippen molar-refractivity contribution in [2.75, 3.05) is 0 Å². The Morgan fingerprint density at radius 2 is 0.524 bits per heavy atom. The molecule has 0 bridgehead atoms. The van der Waals surface area contributed by atoms with Gasteiger partial charge >= 0.3 is 0 Å². The summed E-state index contributed by atoms with van der Waals surface area (Å²) in [6, 6.07) is 9.00. The van der Waals surface area contributed by atoms with Crippen molar-refractivity contribution in [1.82, 2.24) is 0 Å². The van der Waals surface area contributed by atoms with Crippen LogP contribution in [0.15, 0.2) is 24.3 Å². The van der Waals surface area contributed by atoms with Gasteiger partial charge in [0.25, 0.3) is 0 Å². The Labute approximate surface area is 343 Å². The van der Waals surface area contributed by atoms with Crippen molar-refractivity contribution in [3.63, 3.8) is 0 Å². The van der Waals surface area contributed by atoms with Gasteiger partial charge in [-0.3, -0.25) is 0 Å². The SMILES string of the molecule is BrCc1c(CBr)c2c3c(c(CBr)c(CBr)c4c3c1=c1c(C(Br)Br)ccc(C(Br)Br)c1=4)=c1c(C(Br)Br)ccc(C(Br)Br)c1=2. The first-order valence-corrected chi connectivity index (χ1v) is 24.3. The van der Waals surface area contributed by atoms with E-state index in [9.17, 15) is 0 Å². The predicted molar refractivity (Wildman–Crippen MR) is 220 cm³/mol. The zero-order valence-electron chi connectivity index (χ0n) is 21.0. The molecule has 0 spiro atoms. The monoisotopic (exact) mass is 1320 g/mol. The van der Waals surface area contributed by atoms with E-state index in [1.165, 1.54) is 97.0 Å². The Bertz CT molecular complexity index is 1900. The third-order valence-electron chi connectivity index (χ3n) is 8.20. The molecule has 0 aliphatic heterocycles. The third-order valence-corrected chi connectivity index (χ3v) is 14.4. The highest BCUT2D eigenvalue weighted by Gasteiger charge is 2.29. The van der Waals surface area contributed by atoms with E-state index in [4.69, 9.17) is 0 Å². The van der Waals surface area contributed by atoms with Gasteiger partial charge in [-0.2, -0.15) is 0 Å². The van der Waals surface area contributed by atoms with Crippen LogP contribution in [-0.4, -0.2) is 0 Å². The summed E-state index contributed by atoms with van der Waals surface area (Å²) in [5.41, 5.74) is 10.2. The molecule has 0 atom stereocenters. The first-order chi connectivity index (χ1) is 20.0. The van der Waals surface area contributed by atoms with Gasteiger partial charge in [0.1, 0.15) is 0 Å². The molecule has 0 nitrogen and oxygen atoms in total. The van der Waals surface area contributed by atoms with E-state index >= 15 is 0 Å². The van der Waals surface area contributed by atoms with Crippen LogP contribution in [0, 0.1) is 41.7 Å². The summed E-state index contributed by atoms with van der Waals surface area (Å²) >= 11 is 47.0. The van der Waals surface area contributed by atoms with Crippen molar-refractivity contribution in [2.24, 2.45) is 0 Å². The highest BCUT2D eigenvalue weighted by molar-refractivity contribution is 9.25. The van der Waals surface area contributed by atoms with E-state index in [0.29, 0.717) is 0 Å². The molecule has 0 N–H and O–H groups in total. The van der Waals surface area contributed by atoms with Gasteiger partial charge in [0, 0.05) is 21.3 Å². The molecule has 2 aliphatic rings. The summed E-state index contributed by atoms with van der Waals surface area (Å²) in [6.45, 7) is 0. The number of alkyl halides is 12. The normalized spacial score (nSPS) is 13.0. The molecule has 6 rings (SSSR count). The molecule has 220 valence electrons. The number of hydrogen-bond donors (Lipinski definition) is 0. The van der Waals surface area contributed by atoms with E-state index in [1.807, 2.05) is 0 Å². The number of hydrogen-bond acceptors (Lipinski definition) is 0. The maximum absolute atomic E-state index is 3.97. The number of rotatable bonds is 8. The lowest BCUT2D eigenvalue weighted by Crippen LogP contribution is -2.00. The minimum atomic E-state index is 0.00436. The van der Waals surface area contributed by atoms with Crippen LogP contribution in [0.1, 0.15) is 59.5 Å². The van der Waals surface area contributed by atoms with Crippen LogP contribution in [0.4, 0.5) is 0 Å². The van der Waals surface area contributed by atoms with E-state index in [-0.39, 0.29) is 14.9 Å². The van der Waals surface area contributed by atoms with Crippen LogP contribution in [0.3, 0.4) is 0 Å². The second-order valence-corrected chi connectivity index (χ2v) is 24.4. The predicted octanol–water partition coefficient (Wildman–Crippen LogP) is 15.3. The van der Waals surface area contributed by atoms with Gasteiger partial charge in [0.2, 0.25) is 0 Å². The maximum atomic E-state index is 3.97.